The first kappa shape index (κ1) is 23.6. The Morgan fingerprint density at radius 3 is 2.10 bits per heavy atom. The Bertz CT molecular complexity index is 2110. The second-order valence-corrected chi connectivity index (χ2v) is 10.6. The molecule has 3 nitrogen and oxygen atoms in total. The molecule has 2 heterocycles. The maximum absolute atomic E-state index is 6.19. The van der Waals surface area contributed by atoms with E-state index in [0.29, 0.717) is 5.89 Å². The van der Waals surface area contributed by atoms with Crippen LogP contribution in [0.5, 0.6) is 0 Å². The lowest BCUT2D eigenvalue weighted by Crippen LogP contribution is -2.10. The Kier molecular flexibility index (Phi) is 5.60. The molecule has 6 aromatic carbocycles. The molecule has 0 saturated carbocycles. The van der Waals surface area contributed by atoms with E-state index in [0.717, 1.165) is 45.1 Å². The molecule has 1 unspecified atom stereocenters. The van der Waals surface area contributed by atoms with E-state index in [1.165, 1.54) is 27.6 Å². The summed E-state index contributed by atoms with van der Waals surface area (Å²) in [5.74, 6) is 0.805. The fourth-order valence-electron chi connectivity index (χ4n) is 6.00. The maximum Gasteiger partial charge on any atom is 0.227 e. The SMILES string of the molecule is C1=C(c2ccccc2)N=C(Cc2ccc3c(ccc4ccc5oc(-c6ccccc6)nc5c43)c2)C1c1ccccc1. The number of aromatic nitrogens is 1. The van der Waals surface area contributed by atoms with E-state index >= 15 is 0 Å². The molecule has 0 radical (unpaired) electrons. The highest BCUT2D eigenvalue weighted by molar-refractivity contribution is 6.18. The van der Waals surface area contributed by atoms with E-state index in [1.54, 1.807) is 0 Å². The van der Waals surface area contributed by atoms with E-state index in [-0.39, 0.29) is 5.92 Å². The van der Waals surface area contributed by atoms with Crippen LogP contribution >= 0.6 is 0 Å². The van der Waals surface area contributed by atoms with Gasteiger partial charge in [0, 0.05) is 29.0 Å². The Morgan fingerprint density at radius 1 is 0.634 bits per heavy atom. The molecule has 7 aromatic rings. The summed E-state index contributed by atoms with van der Waals surface area (Å²) < 4.78 is 6.19. The molecule has 0 N–H and O–H groups in total. The van der Waals surface area contributed by atoms with Crippen LogP contribution in [0.1, 0.15) is 22.6 Å². The largest absolute Gasteiger partial charge is 0.436 e. The normalized spacial score (nSPS) is 15.0. The van der Waals surface area contributed by atoms with Crippen molar-refractivity contribution in [3.8, 4) is 11.5 Å². The smallest absolute Gasteiger partial charge is 0.227 e. The minimum absolute atomic E-state index is 0.157. The third kappa shape index (κ3) is 4.23. The second kappa shape index (κ2) is 9.72. The molecule has 0 spiro atoms. The third-order valence-electron chi connectivity index (χ3n) is 8.00. The van der Waals surface area contributed by atoms with Crippen molar-refractivity contribution in [2.24, 2.45) is 4.99 Å². The Morgan fingerprint density at radius 2 is 1.32 bits per heavy atom. The van der Waals surface area contributed by atoms with Crippen molar-refractivity contribution in [3.63, 3.8) is 0 Å². The summed E-state index contributed by atoms with van der Waals surface area (Å²) in [6, 6.07) is 46.6. The van der Waals surface area contributed by atoms with Crippen molar-refractivity contribution < 1.29 is 4.42 Å². The average molecular weight is 527 g/mol. The number of oxazole rings is 1. The molecule has 194 valence electrons. The molecule has 0 bridgehead atoms. The van der Waals surface area contributed by atoms with Crippen LogP contribution < -0.4 is 0 Å². The first-order valence-electron chi connectivity index (χ1n) is 14.0. The van der Waals surface area contributed by atoms with Crippen molar-refractivity contribution in [2.75, 3.05) is 0 Å². The van der Waals surface area contributed by atoms with E-state index in [9.17, 15) is 0 Å². The monoisotopic (exact) mass is 526 g/mol. The van der Waals surface area contributed by atoms with Gasteiger partial charge in [0.1, 0.15) is 5.52 Å². The van der Waals surface area contributed by atoms with Crippen LogP contribution in [0.25, 0.3) is 49.8 Å². The number of nitrogens with zero attached hydrogens (tertiary/aromatic N) is 2. The van der Waals surface area contributed by atoms with Gasteiger partial charge in [-0.05, 0) is 57.1 Å². The average Bonchev–Trinajstić information content (AvgIpc) is 3.67. The lowest BCUT2D eigenvalue weighted by Gasteiger charge is -2.13. The van der Waals surface area contributed by atoms with Crippen molar-refractivity contribution >= 4 is 44.1 Å². The van der Waals surface area contributed by atoms with Crippen LogP contribution in [0.15, 0.2) is 149 Å². The van der Waals surface area contributed by atoms with Gasteiger partial charge in [0.15, 0.2) is 5.58 Å². The van der Waals surface area contributed by atoms with E-state index in [1.807, 2.05) is 42.5 Å². The first-order valence-corrected chi connectivity index (χ1v) is 14.0. The van der Waals surface area contributed by atoms with Crippen molar-refractivity contribution in [3.05, 3.63) is 156 Å². The summed E-state index contributed by atoms with van der Waals surface area (Å²) in [4.78, 5) is 10.1. The highest BCUT2D eigenvalue weighted by Crippen LogP contribution is 2.36. The van der Waals surface area contributed by atoms with E-state index in [2.05, 4.69) is 97.1 Å². The predicted octanol–water partition coefficient (Wildman–Crippen LogP) is 9.62. The van der Waals surface area contributed by atoms with Crippen molar-refractivity contribution in [1.82, 2.24) is 4.98 Å². The van der Waals surface area contributed by atoms with Gasteiger partial charge in [0.05, 0.1) is 5.70 Å². The van der Waals surface area contributed by atoms with Gasteiger partial charge in [0.25, 0.3) is 0 Å². The highest BCUT2D eigenvalue weighted by Gasteiger charge is 2.24. The quantitative estimate of drug-likeness (QED) is 0.209. The minimum atomic E-state index is 0.157. The number of allylic oxidation sites excluding steroid dienone is 1. The summed E-state index contributed by atoms with van der Waals surface area (Å²) in [6.07, 6.45) is 3.09. The lowest BCUT2D eigenvalue weighted by atomic mass is 9.90. The topological polar surface area (TPSA) is 38.4 Å². The van der Waals surface area contributed by atoms with Crippen LogP contribution in [0.4, 0.5) is 0 Å². The van der Waals surface area contributed by atoms with Gasteiger partial charge in [-0.3, -0.25) is 4.99 Å². The minimum Gasteiger partial charge on any atom is -0.436 e. The van der Waals surface area contributed by atoms with Crippen LogP contribution in [-0.2, 0) is 6.42 Å². The van der Waals surface area contributed by atoms with Crippen LogP contribution in [0.2, 0.25) is 0 Å². The molecular formula is C38H26N2O. The molecule has 1 aliphatic rings. The first-order chi connectivity index (χ1) is 20.3. The molecule has 1 aliphatic heterocycles. The summed E-state index contributed by atoms with van der Waals surface area (Å²) in [5, 5.41) is 4.66. The third-order valence-corrected chi connectivity index (χ3v) is 8.00. The summed E-state index contributed by atoms with van der Waals surface area (Å²) in [6.45, 7) is 0. The van der Waals surface area contributed by atoms with Gasteiger partial charge in [-0.25, -0.2) is 4.98 Å². The van der Waals surface area contributed by atoms with Crippen molar-refractivity contribution in [1.29, 1.82) is 0 Å². The van der Waals surface area contributed by atoms with Gasteiger partial charge in [-0.15, -0.1) is 0 Å². The van der Waals surface area contributed by atoms with Gasteiger partial charge < -0.3 is 4.42 Å². The zero-order chi connectivity index (χ0) is 27.2. The van der Waals surface area contributed by atoms with E-state index < -0.39 is 0 Å². The lowest BCUT2D eigenvalue weighted by molar-refractivity contribution is 0.620. The molecular weight excluding hydrogens is 500 g/mol. The summed E-state index contributed by atoms with van der Waals surface area (Å²) in [7, 11) is 0. The number of fused-ring (bicyclic) bond motifs is 5. The molecule has 0 amide bonds. The summed E-state index contributed by atoms with van der Waals surface area (Å²) >= 11 is 0. The molecule has 0 aliphatic carbocycles. The van der Waals surface area contributed by atoms with Crippen LogP contribution in [0, 0.1) is 0 Å². The maximum atomic E-state index is 6.19. The Hall–Kier alpha value is -5.28. The Balaban J connectivity index is 1.20. The highest BCUT2D eigenvalue weighted by atomic mass is 16.3. The number of aliphatic imine (C=N–C) groups is 1. The van der Waals surface area contributed by atoms with Crippen LogP contribution in [-0.4, -0.2) is 10.7 Å². The molecule has 3 heteroatoms. The number of rotatable bonds is 5. The fraction of sp³-hybridized carbons (Fsp3) is 0.0526. The molecule has 0 saturated heterocycles. The molecule has 8 rings (SSSR count). The van der Waals surface area contributed by atoms with E-state index in [4.69, 9.17) is 14.4 Å². The molecule has 1 aromatic heterocycles. The number of hydrogen-bond acceptors (Lipinski definition) is 3. The van der Waals surface area contributed by atoms with Gasteiger partial charge >= 0.3 is 0 Å². The molecule has 1 atom stereocenters. The fourth-order valence-corrected chi connectivity index (χ4v) is 6.00. The van der Waals surface area contributed by atoms with Gasteiger partial charge in [0.2, 0.25) is 5.89 Å². The standard InChI is InChI=1S/C38H26N2O/c1-4-10-26(11-5-1)32-24-33(27-12-6-2-7-13-27)39-34(32)23-25-16-20-31-30(22-25)18-17-28-19-21-35-37(36(28)31)40-38(41-35)29-14-8-3-9-15-29/h1-22,24,32H,23H2. The van der Waals surface area contributed by atoms with Crippen LogP contribution in [0.3, 0.4) is 0 Å². The number of benzene rings is 6. The second-order valence-electron chi connectivity index (χ2n) is 10.6. The zero-order valence-electron chi connectivity index (χ0n) is 22.4. The molecule has 0 fully saturated rings. The van der Waals surface area contributed by atoms with Gasteiger partial charge in [-0.1, -0.05) is 115 Å². The van der Waals surface area contributed by atoms with Crippen molar-refractivity contribution in [2.45, 2.75) is 12.3 Å². The van der Waals surface area contributed by atoms with Gasteiger partial charge in [-0.2, -0.15) is 0 Å². The summed E-state index contributed by atoms with van der Waals surface area (Å²) in [5.41, 5.74) is 8.57. The Labute approximate surface area is 238 Å². The zero-order valence-corrected chi connectivity index (χ0v) is 22.4. The predicted molar refractivity (Wildman–Crippen MR) is 169 cm³/mol. The number of hydrogen-bond donors (Lipinski definition) is 0. The molecule has 41 heavy (non-hydrogen) atoms.